The Bertz CT molecular complexity index is 321. The Morgan fingerprint density at radius 1 is 1.05 bits per heavy atom. The van der Waals surface area contributed by atoms with Crippen molar-refractivity contribution in [1.29, 1.82) is 0 Å². The van der Waals surface area contributed by atoms with Crippen LogP contribution in [-0.2, 0) is 0 Å². The Morgan fingerprint density at radius 3 is 2.37 bits per heavy atom. The number of hydrogen-bond acceptors (Lipinski definition) is 2. The number of aliphatic hydroxyl groups excluding tert-OH is 1. The third kappa shape index (κ3) is 2.58. The number of rotatable bonds is 3. The molecule has 0 aliphatic heterocycles. The van der Waals surface area contributed by atoms with Gasteiger partial charge >= 0.3 is 0 Å². The summed E-state index contributed by atoms with van der Waals surface area (Å²) in [7, 11) is 0. The van der Waals surface area contributed by atoms with Crippen molar-refractivity contribution in [2.24, 2.45) is 22.7 Å². The predicted octanol–water partition coefficient (Wildman–Crippen LogP) is 3.75. The van der Waals surface area contributed by atoms with Crippen molar-refractivity contribution in [3.8, 4) is 0 Å². The Kier molecular flexibility index (Phi) is 4.06. The highest BCUT2D eigenvalue weighted by Gasteiger charge is 2.57. The van der Waals surface area contributed by atoms with Gasteiger partial charge < -0.3 is 10.2 Å². The van der Waals surface area contributed by atoms with E-state index in [1.54, 1.807) is 0 Å². The fourth-order valence-corrected chi connectivity index (χ4v) is 5.56. The largest absolute Gasteiger partial charge is 0.396 e. The molecule has 0 bridgehead atoms. The Hall–Kier alpha value is -0.0800. The molecule has 2 aliphatic rings. The second-order valence-electron chi connectivity index (χ2n) is 8.21. The van der Waals surface area contributed by atoms with Gasteiger partial charge in [0.1, 0.15) is 0 Å². The van der Waals surface area contributed by atoms with E-state index in [1.807, 2.05) is 6.92 Å². The van der Waals surface area contributed by atoms with Crippen molar-refractivity contribution in [2.45, 2.75) is 78.2 Å². The first kappa shape index (κ1) is 15.3. The van der Waals surface area contributed by atoms with Gasteiger partial charge in [-0.3, -0.25) is 0 Å². The molecular weight excluding hydrogens is 236 g/mol. The quantitative estimate of drug-likeness (QED) is 0.818. The summed E-state index contributed by atoms with van der Waals surface area (Å²) < 4.78 is 0. The standard InChI is InChI=1S/C17H32O2/c1-15(2)9-6-10-16(3)13(15)8-11-17(4,19)14(16)7-5-12-18/h13-14,18-19H,5-12H2,1-4H3. The van der Waals surface area contributed by atoms with Crippen LogP contribution in [0.15, 0.2) is 0 Å². The van der Waals surface area contributed by atoms with Crippen molar-refractivity contribution in [3.63, 3.8) is 0 Å². The van der Waals surface area contributed by atoms with Crippen LogP contribution in [0, 0.1) is 22.7 Å². The van der Waals surface area contributed by atoms with Crippen LogP contribution in [0.3, 0.4) is 0 Å². The summed E-state index contributed by atoms with van der Waals surface area (Å²) >= 11 is 0. The van der Waals surface area contributed by atoms with E-state index in [1.165, 1.54) is 19.3 Å². The summed E-state index contributed by atoms with van der Waals surface area (Å²) in [6.07, 6.45) is 7.72. The predicted molar refractivity (Wildman–Crippen MR) is 78.9 cm³/mol. The third-order valence-corrected chi connectivity index (χ3v) is 6.41. The number of hydrogen-bond donors (Lipinski definition) is 2. The monoisotopic (exact) mass is 268 g/mol. The van der Waals surface area contributed by atoms with Gasteiger partial charge in [0.05, 0.1) is 5.60 Å². The number of aliphatic hydroxyl groups is 2. The van der Waals surface area contributed by atoms with Crippen LogP contribution in [0.2, 0.25) is 0 Å². The van der Waals surface area contributed by atoms with E-state index in [4.69, 9.17) is 5.11 Å². The lowest BCUT2D eigenvalue weighted by atomic mass is 9.45. The smallest absolute Gasteiger partial charge is 0.0653 e. The lowest BCUT2D eigenvalue weighted by Gasteiger charge is -2.61. The zero-order chi connectivity index (χ0) is 14.3. The topological polar surface area (TPSA) is 40.5 Å². The minimum Gasteiger partial charge on any atom is -0.396 e. The molecule has 0 spiro atoms. The molecule has 19 heavy (non-hydrogen) atoms. The zero-order valence-corrected chi connectivity index (χ0v) is 13.2. The molecule has 0 radical (unpaired) electrons. The normalized spacial score (nSPS) is 45.8. The van der Waals surface area contributed by atoms with Crippen LogP contribution in [0.1, 0.15) is 72.6 Å². The number of fused-ring (bicyclic) bond motifs is 1. The second kappa shape index (κ2) is 5.04. The van der Waals surface area contributed by atoms with Gasteiger partial charge in [0.25, 0.3) is 0 Å². The van der Waals surface area contributed by atoms with E-state index in [2.05, 4.69) is 20.8 Å². The molecule has 112 valence electrons. The van der Waals surface area contributed by atoms with Crippen LogP contribution in [0.4, 0.5) is 0 Å². The average Bonchev–Trinajstić information content (AvgIpc) is 2.26. The molecule has 0 amide bonds. The maximum Gasteiger partial charge on any atom is 0.0653 e. The molecule has 4 atom stereocenters. The molecule has 0 aromatic heterocycles. The van der Waals surface area contributed by atoms with E-state index in [9.17, 15) is 5.11 Å². The summed E-state index contributed by atoms with van der Waals surface area (Å²) in [5, 5.41) is 20.0. The van der Waals surface area contributed by atoms with Crippen molar-refractivity contribution >= 4 is 0 Å². The Balaban J connectivity index is 2.30. The highest BCUT2D eigenvalue weighted by atomic mass is 16.3. The lowest BCUT2D eigenvalue weighted by molar-refractivity contribution is -0.169. The molecule has 0 aromatic carbocycles. The minimum absolute atomic E-state index is 0.247. The van der Waals surface area contributed by atoms with Gasteiger partial charge in [-0.15, -0.1) is 0 Å². The van der Waals surface area contributed by atoms with E-state index in [-0.39, 0.29) is 12.0 Å². The first-order chi connectivity index (χ1) is 8.74. The van der Waals surface area contributed by atoms with Crippen molar-refractivity contribution < 1.29 is 10.2 Å². The first-order valence-corrected chi connectivity index (χ1v) is 8.07. The van der Waals surface area contributed by atoms with Gasteiger partial charge in [-0.1, -0.05) is 27.2 Å². The first-order valence-electron chi connectivity index (χ1n) is 8.07. The molecule has 0 aromatic rings. The SMILES string of the molecule is CC1(C)CCCC2(C)C1CCC(C)(O)C2CCCO. The summed E-state index contributed by atoms with van der Waals surface area (Å²) in [4.78, 5) is 0. The zero-order valence-electron chi connectivity index (χ0n) is 13.2. The summed E-state index contributed by atoms with van der Waals surface area (Å²) in [5.74, 6) is 1.06. The fraction of sp³-hybridized carbons (Fsp3) is 1.00. The molecule has 0 heterocycles. The summed E-state index contributed by atoms with van der Waals surface area (Å²) in [6.45, 7) is 9.51. The van der Waals surface area contributed by atoms with Gasteiger partial charge in [0.15, 0.2) is 0 Å². The highest BCUT2D eigenvalue weighted by Crippen LogP contribution is 2.62. The van der Waals surface area contributed by atoms with Gasteiger partial charge in [-0.2, -0.15) is 0 Å². The average molecular weight is 268 g/mol. The maximum atomic E-state index is 10.9. The molecule has 2 aliphatic carbocycles. The van der Waals surface area contributed by atoms with Crippen LogP contribution in [-0.4, -0.2) is 22.4 Å². The minimum atomic E-state index is -0.548. The molecule has 2 heteroatoms. The lowest BCUT2D eigenvalue weighted by Crippen LogP contribution is -2.57. The van der Waals surface area contributed by atoms with Gasteiger partial charge in [-0.25, -0.2) is 0 Å². The van der Waals surface area contributed by atoms with Crippen LogP contribution in [0.25, 0.3) is 0 Å². The Morgan fingerprint density at radius 2 is 1.74 bits per heavy atom. The molecular formula is C17H32O2. The maximum absolute atomic E-state index is 10.9. The van der Waals surface area contributed by atoms with Gasteiger partial charge in [-0.05, 0) is 68.1 Å². The summed E-state index contributed by atoms with van der Waals surface area (Å²) in [5.41, 5.74) is 0.105. The van der Waals surface area contributed by atoms with Crippen LogP contribution in [0.5, 0.6) is 0 Å². The van der Waals surface area contributed by atoms with Crippen LogP contribution >= 0.6 is 0 Å². The van der Waals surface area contributed by atoms with E-state index in [0.717, 1.165) is 31.6 Å². The molecule has 2 saturated carbocycles. The summed E-state index contributed by atoms with van der Waals surface area (Å²) in [6, 6.07) is 0. The van der Waals surface area contributed by atoms with Crippen molar-refractivity contribution in [2.75, 3.05) is 6.61 Å². The van der Waals surface area contributed by atoms with E-state index >= 15 is 0 Å². The molecule has 2 nitrogen and oxygen atoms in total. The van der Waals surface area contributed by atoms with E-state index in [0.29, 0.717) is 11.3 Å². The molecule has 0 saturated heterocycles. The van der Waals surface area contributed by atoms with Gasteiger partial charge in [0.2, 0.25) is 0 Å². The van der Waals surface area contributed by atoms with Gasteiger partial charge in [0, 0.05) is 6.61 Å². The molecule has 2 fully saturated rings. The molecule has 2 N–H and O–H groups in total. The second-order valence-corrected chi connectivity index (χ2v) is 8.21. The molecule has 4 unspecified atom stereocenters. The van der Waals surface area contributed by atoms with Crippen molar-refractivity contribution in [1.82, 2.24) is 0 Å². The van der Waals surface area contributed by atoms with E-state index < -0.39 is 5.60 Å². The molecule has 2 rings (SSSR count). The fourth-order valence-electron chi connectivity index (χ4n) is 5.56. The third-order valence-electron chi connectivity index (χ3n) is 6.41. The highest BCUT2D eigenvalue weighted by molar-refractivity contribution is 5.07. The Labute approximate surface area is 118 Å². The van der Waals surface area contributed by atoms with Crippen LogP contribution < -0.4 is 0 Å². The van der Waals surface area contributed by atoms with Crippen molar-refractivity contribution in [3.05, 3.63) is 0 Å².